The zero-order valence-corrected chi connectivity index (χ0v) is 16.9. The van der Waals surface area contributed by atoms with Gasteiger partial charge in [0.15, 0.2) is 15.8 Å². The first kappa shape index (κ1) is 22.1. The summed E-state index contributed by atoms with van der Waals surface area (Å²) in [7, 11) is -3.19. The summed E-state index contributed by atoms with van der Waals surface area (Å²) in [4.78, 5) is 6.59. The van der Waals surface area contributed by atoms with Crippen LogP contribution in [0.2, 0.25) is 0 Å². The van der Waals surface area contributed by atoms with Crippen LogP contribution in [0.15, 0.2) is 4.99 Å². The lowest BCUT2D eigenvalue weighted by Gasteiger charge is -2.33. The van der Waals surface area contributed by atoms with E-state index in [9.17, 15) is 13.5 Å². The fourth-order valence-electron chi connectivity index (χ4n) is 2.31. The monoisotopic (exact) mass is 378 g/mol. The summed E-state index contributed by atoms with van der Waals surface area (Å²) >= 11 is 0. The number of nitrogens with one attached hydrogen (secondary N) is 2. The van der Waals surface area contributed by atoms with Crippen molar-refractivity contribution in [3.05, 3.63) is 0 Å². The van der Waals surface area contributed by atoms with E-state index in [4.69, 9.17) is 4.74 Å². The Bertz CT molecular complexity index is 540. The highest BCUT2D eigenvalue weighted by Crippen LogP contribution is 2.13. The Morgan fingerprint density at radius 3 is 2.36 bits per heavy atom. The third-order valence-corrected chi connectivity index (χ3v) is 6.43. The molecule has 3 N–H and O–H groups in total. The first-order chi connectivity index (χ1) is 11.5. The SMILES string of the molecule is CCNC(=NCC(C)(O)CN1CCOCC1)NCC(C)(C)S(C)(=O)=O. The average Bonchev–Trinajstić information content (AvgIpc) is 2.49. The maximum atomic E-state index is 11.8. The molecule has 9 heteroatoms. The quantitative estimate of drug-likeness (QED) is 0.384. The smallest absolute Gasteiger partial charge is 0.191 e. The molecule has 1 unspecified atom stereocenters. The largest absolute Gasteiger partial charge is 0.387 e. The Kier molecular flexibility index (Phi) is 8.11. The summed E-state index contributed by atoms with van der Waals surface area (Å²) in [5.74, 6) is 0.501. The van der Waals surface area contributed by atoms with E-state index in [2.05, 4.69) is 20.5 Å². The molecule has 1 fully saturated rings. The van der Waals surface area contributed by atoms with Crippen LogP contribution < -0.4 is 10.6 Å². The Morgan fingerprint density at radius 1 is 1.24 bits per heavy atom. The first-order valence-electron chi connectivity index (χ1n) is 8.71. The van der Waals surface area contributed by atoms with Crippen LogP contribution in [0.25, 0.3) is 0 Å². The number of rotatable bonds is 8. The second-order valence-corrected chi connectivity index (χ2v) is 10.1. The molecule has 0 saturated carbocycles. The molecule has 148 valence electrons. The van der Waals surface area contributed by atoms with E-state index >= 15 is 0 Å². The zero-order chi connectivity index (χ0) is 19.1. The molecule has 0 amide bonds. The Labute approximate surface area is 151 Å². The Balaban J connectivity index is 2.64. The van der Waals surface area contributed by atoms with Crippen molar-refractivity contribution in [3.8, 4) is 0 Å². The van der Waals surface area contributed by atoms with Crippen molar-refractivity contribution in [1.82, 2.24) is 15.5 Å². The van der Waals surface area contributed by atoms with Gasteiger partial charge < -0.3 is 20.5 Å². The highest BCUT2D eigenvalue weighted by molar-refractivity contribution is 7.92. The van der Waals surface area contributed by atoms with Crippen LogP contribution in [0.1, 0.15) is 27.7 Å². The van der Waals surface area contributed by atoms with Gasteiger partial charge in [0, 0.05) is 39.0 Å². The third-order valence-electron chi connectivity index (χ3n) is 4.28. The molecule has 0 bridgehead atoms. The van der Waals surface area contributed by atoms with Gasteiger partial charge in [-0.25, -0.2) is 8.42 Å². The van der Waals surface area contributed by atoms with Gasteiger partial charge in [-0.15, -0.1) is 0 Å². The molecule has 1 saturated heterocycles. The van der Waals surface area contributed by atoms with E-state index in [0.29, 0.717) is 32.3 Å². The van der Waals surface area contributed by atoms with Crippen LogP contribution in [-0.4, -0.2) is 93.5 Å². The van der Waals surface area contributed by atoms with Crippen LogP contribution in [0.5, 0.6) is 0 Å². The molecule has 0 aromatic heterocycles. The highest BCUT2D eigenvalue weighted by Gasteiger charge is 2.30. The lowest BCUT2D eigenvalue weighted by Crippen LogP contribution is -2.50. The molecule has 0 spiro atoms. The number of aliphatic hydroxyl groups is 1. The molecule has 25 heavy (non-hydrogen) atoms. The van der Waals surface area contributed by atoms with Gasteiger partial charge in [-0.05, 0) is 27.7 Å². The Hall–Kier alpha value is -0.900. The molecule has 1 rings (SSSR count). The lowest BCUT2D eigenvalue weighted by molar-refractivity contribution is -0.0180. The van der Waals surface area contributed by atoms with Crippen molar-refractivity contribution >= 4 is 15.8 Å². The molecule has 1 aliphatic heterocycles. The van der Waals surface area contributed by atoms with Crippen LogP contribution >= 0.6 is 0 Å². The van der Waals surface area contributed by atoms with Crippen LogP contribution in [-0.2, 0) is 14.6 Å². The van der Waals surface area contributed by atoms with Gasteiger partial charge in [0.05, 0.1) is 30.1 Å². The molecule has 1 aliphatic rings. The highest BCUT2D eigenvalue weighted by atomic mass is 32.2. The molecule has 0 aromatic carbocycles. The van der Waals surface area contributed by atoms with Crippen molar-refractivity contribution in [1.29, 1.82) is 0 Å². The van der Waals surface area contributed by atoms with Crippen LogP contribution in [0.3, 0.4) is 0 Å². The van der Waals surface area contributed by atoms with Gasteiger partial charge in [-0.2, -0.15) is 0 Å². The summed E-state index contributed by atoms with van der Waals surface area (Å²) in [5.41, 5.74) is -0.966. The summed E-state index contributed by atoms with van der Waals surface area (Å²) in [6.07, 6.45) is 1.23. The molecule has 1 heterocycles. The summed E-state index contributed by atoms with van der Waals surface area (Å²) in [6.45, 7) is 11.7. The molecule has 8 nitrogen and oxygen atoms in total. The fraction of sp³-hybridized carbons (Fsp3) is 0.938. The van der Waals surface area contributed by atoms with Crippen molar-refractivity contribution in [3.63, 3.8) is 0 Å². The van der Waals surface area contributed by atoms with Crippen LogP contribution in [0.4, 0.5) is 0 Å². The summed E-state index contributed by atoms with van der Waals surface area (Å²) in [6, 6.07) is 0. The van der Waals surface area contributed by atoms with Gasteiger partial charge in [-0.3, -0.25) is 9.89 Å². The molecular formula is C16H34N4O4S. The predicted octanol–water partition coefficient (Wildman–Crippen LogP) is -0.552. The number of ether oxygens (including phenoxy) is 1. The number of guanidine groups is 1. The van der Waals surface area contributed by atoms with E-state index < -0.39 is 20.2 Å². The molecule has 0 aliphatic carbocycles. The van der Waals surface area contributed by atoms with Crippen molar-refractivity contribution in [2.24, 2.45) is 4.99 Å². The van der Waals surface area contributed by atoms with Crippen LogP contribution in [0, 0.1) is 0 Å². The standard InChI is InChI=1S/C16H34N4O4S/c1-6-17-14(18-11-15(2,3)25(5,22)23)19-12-16(4,21)13-20-7-9-24-10-8-20/h21H,6-13H2,1-5H3,(H2,17,18,19). The molecule has 1 atom stereocenters. The first-order valence-corrected chi connectivity index (χ1v) is 10.6. The predicted molar refractivity (Wildman–Crippen MR) is 101 cm³/mol. The summed E-state index contributed by atoms with van der Waals surface area (Å²) in [5, 5.41) is 16.7. The average molecular weight is 379 g/mol. The van der Waals surface area contributed by atoms with Gasteiger partial charge in [0.2, 0.25) is 0 Å². The zero-order valence-electron chi connectivity index (χ0n) is 16.1. The van der Waals surface area contributed by atoms with E-state index in [1.807, 2.05) is 6.92 Å². The van der Waals surface area contributed by atoms with Gasteiger partial charge in [-0.1, -0.05) is 0 Å². The van der Waals surface area contributed by atoms with Crippen molar-refractivity contribution in [2.75, 3.05) is 58.7 Å². The molecule has 0 radical (unpaired) electrons. The Morgan fingerprint density at radius 2 is 1.84 bits per heavy atom. The van der Waals surface area contributed by atoms with Gasteiger partial charge >= 0.3 is 0 Å². The fourth-order valence-corrected chi connectivity index (χ4v) is 2.64. The lowest BCUT2D eigenvalue weighted by atomic mass is 10.1. The van der Waals surface area contributed by atoms with E-state index in [1.165, 1.54) is 6.26 Å². The maximum absolute atomic E-state index is 11.8. The number of β-amino-alcohol motifs (C(OH)–C–C–N with tert-alkyl or cyclic N) is 1. The maximum Gasteiger partial charge on any atom is 0.191 e. The van der Waals surface area contributed by atoms with E-state index in [0.717, 1.165) is 13.1 Å². The third kappa shape index (κ3) is 7.89. The van der Waals surface area contributed by atoms with E-state index in [-0.39, 0.29) is 13.1 Å². The number of aliphatic imine (C=N–C) groups is 1. The minimum absolute atomic E-state index is 0.221. The second-order valence-electron chi connectivity index (χ2n) is 7.47. The summed E-state index contributed by atoms with van der Waals surface area (Å²) < 4.78 is 28.0. The van der Waals surface area contributed by atoms with Crippen molar-refractivity contribution < 1.29 is 18.3 Å². The second kappa shape index (κ2) is 9.16. The number of sulfone groups is 1. The number of hydrogen-bond acceptors (Lipinski definition) is 6. The number of morpholine rings is 1. The van der Waals surface area contributed by atoms with E-state index in [1.54, 1.807) is 20.8 Å². The van der Waals surface area contributed by atoms with Gasteiger partial charge in [0.25, 0.3) is 0 Å². The normalized spacial score (nSPS) is 20.2. The molecule has 0 aromatic rings. The molecular weight excluding hydrogens is 344 g/mol. The number of nitrogens with zero attached hydrogens (tertiary/aromatic N) is 2. The van der Waals surface area contributed by atoms with Gasteiger partial charge in [0.1, 0.15) is 0 Å². The minimum atomic E-state index is -3.19. The minimum Gasteiger partial charge on any atom is -0.387 e. The van der Waals surface area contributed by atoms with Crippen molar-refractivity contribution in [2.45, 2.75) is 38.0 Å². The number of hydrogen-bond donors (Lipinski definition) is 3. The topological polar surface area (TPSA) is 103 Å².